The molecule has 55 heavy (non-hydrogen) atoms. The first-order valence-electron chi connectivity index (χ1n) is 18.2. The molecule has 0 N–H and O–H groups in total. The van der Waals surface area contributed by atoms with Gasteiger partial charge in [-0.05, 0) is 36.4 Å². The normalized spacial score (nSPS) is 11.7. The van der Waals surface area contributed by atoms with E-state index in [9.17, 15) is 4.79 Å². The van der Waals surface area contributed by atoms with Gasteiger partial charge in [0.25, 0.3) is 0 Å². The number of fused-ring (bicyclic) bond motifs is 7. The summed E-state index contributed by atoms with van der Waals surface area (Å²) in [5, 5.41) is 5.15. The Bertz CT molecular complexity index is 3180. The average molecular weight is 708 g/mol. The van der Waals surface area contributed by atoms with Crippen LogP contribution < -0.4 is 5.63 Å². The van der Waals surface area contributed by atoms with Gasteiger partial charge >= 0.3 is 5.63 Å². The highest BCUT2D eigenvalue weighted by molar-refractivity contribution is 6.14. The lowest BCUT2D eigenvalue weighted by Gasteiger charge is -2.18. The van der Waals surface area contributed by atoms with Gasteiger partial charge in [-0.1, -0.05) is 133 Å². The summed E-state index contributed by atoms with van der Waals surface area (Å²) < 4.78 is 10.8. The van der Waals surface area contributed by atoms with Crippen molar-refractivity contribution in [2.45, 2.75) is 0 Å². The topological polar surface area (TPSA) is 78.7 Å². The van der Waals surface area contributed by atoms with Crippen molar-refractivity contribution in [3.05, 3.63) is 186 Å². The van der Waals surface area contributed by atoms with Gasteiger partial charge in [0.1, 0.15) is 0 Å². The molecule has 0 saturated carbocycles. The second-order valence-corrected chi connectivity index (χ2v) is 13.6. The minimum atomic E-state index is -0.508. The van der Waals surface area contributed by atoms with E-state index in [1.165, 1.54) is 6.07 Å². The summed E-state index contributed by atoms with van der Waals surface area (Å²) in [5.74, 6) is 1.37. The Morgan fingerprint density at radius 2 is 0.782 bits per heavy atom. The Labute approximate surface area is 314 Å². The van der Waals surface area contributed by atoms with Crippen LogP contribution in [0.2, 0.25) is 0 Å². The lowest BCUT2D eigenvalue weighted by atomic mass is 10.0. The van der Waals surface area contributed by atoms with E-state index in [0.717, 1.165) is 66.1 Å². The molecule has 258 valence electrons. The van der Waals surface area contributed by atoms with Crippen molar-refractivity contribution < 1.29 is 4.42 Å². The minimum Gasteiger partial charge on any atom is -0.420 e. The monoisotopic (exact) mass is 707 g/mol. The third-order valence-corrected chi connectivity index (χ3v) is 10.4. The van der Waals surface area contributed by atoms with Crippen LogP contribution in [0.15, 0.2) is 185 Å². The highest BCUT2D eigenvalue weighted by Crippen LogP contribution is 2.42. The number of hydrogen-bond donors (Lipinski definition) is 0. The molecule has 0 spiro atoms. The van der Waals surface area contributed by atoms with Crippen LogP contribution in [0.3, 0.4) is 0 Å². The molecule has 7 heteroatoms. The maximum Gasteiger partial charge on any atom is 0.337 e. The lowest BCUT2D eigenvalue weighted by molar-refractivity contribution is 0.560. The Morgan fingerprint density at radius 1 is 0.400 bits per heavy atom. The SMILES string of the molecule is O=c1cc(-c2nc(-c3ccccc3)nc(-c3ccccc3)n2)c2c(-n3c4ccccc4c4ccccc43)ccc(-n3c4ccccc4c4ccccc43)c2o1. The van der Waals surface area contributed by atoms with E-state index < -0.39 is 5.63 Å². The number of nitrogens with zero attached hydrogens (tertiary/aromatic N) is 5. The van der Waals surface area contributed by atoms with E-state index in [-0.39, 0.29) is 0 Å². The predicted octanol–water partition coefficient (Wildman–Crippen LogP) is 11.2. The number of hydrogen-bond acceptors (Lipinski definition) is 5. The summed E-state index contributed by atoms with van der Waals surface area (Å²) in [7, 11) is 0. The van der Waals surface area contributed by atoms with Crippen molar-refractivity contribution in [1.29, 1.82) is 0 Å². The van der Waals surface area contributed by atoms with Gasteiger partial charge in [-0.2, -0.15) is 0 Å². The van der Waals surface area contributed by atoms with Crippen molar-refractivity contribution >= 4 is 54.6 Å². The molecule has 7 nitrogen and oxygen atoms in total. The second kappa shape index (κ2) is 12.2. The lowest BCUT2D eigenvalue weighted by Crippen LogP contribution is -2.08. The molecule has 11 rings (SSSR count). The molecule has 11 aromatic rings. The van der Waals surface area contributed by atoms with E-state index in [1.807, 2.05) is 72.8 Å². The Hall–Kier alpha value is -7.64. The maximum absolute atomic E-state index is 14.0. The predicted molar refractivity (Wildman–Crippen MR) is 221 cm³/mol. The van der Waals surface area contributed by atoms with Gasteiger partial charge < -0.3 is 13.6 Å². The van der Waals surface area contributed by atoms with Gasteiger partial charge in [0.15, 0.2) is 23.1 Å². The molecule has 4 aromatic heterocycles. The van der Waals surface area contributed by atoms with Gasteiger partial charge in [-0.3, -0.25) is 0 Å². The van der Waals surface area contributed by atoms with Crippen molar-refractivity contribution in [3.8, 4) is 45.5 Å². The first-order chi connectivity index (χ1) is 27.2. The first kappa shape index (κ1) is 30.9. The largest absolute Gasteiger partial charge is 0.420 e. The van der Waals surface area contributed by atoms with E-state index in [1.54, 1.807) is 0 Å². The Balaban J connectivity index is 1.31. The summed E-state index contributed by atoms with van der Waals surface area (Å²) in [6, 6.07) is 58.9. The minimum absolute atomic E-state index is 0.368. The van der Waals surface area contributed by atoms with E-state index >= 15 is 0 Å². The van der Waals surface area contributed by atoms with Crippen molar-refractivity contribution in [3.63, 3.8) is 0 Å². The molecule has 7 aromatic carbocycles. The van der Waals surface area contributed by atoms with Crippen LogP contribution in [0.5, 0.6) is 0 Å². The molecule has 0 saturated heterocycles. The van der Waals surface area contributed by atoms with E-state index in [0.29, 0.717) is 34.0 Å². The van der Waals surface area contributed by atoms with Crippen molar-refractivity contribution in [2.75, 3.05) is 0 Å². The molecule has 0 aliphatic heterocycles. The fourth-order valence-corrected chi connectivity index (χ4v) is 8.08. The van der Waals surface area contributed by atoms with E-state index in [4.69, 9.17) is 19.4 Å². The Morgan fingerprint density at radius 3 is 1.25 bits per heavy atom. The molecule has 0 unspecified atom stereocenters. The first-order valence-corrected chi connectivity index (χ1v) is 18.2. The molecule has 4 heterocycles. The molecular formula is C48H29N5O2. The molecular weight excluding hydrogens is 679 g/mol. The zero-order chi connectivity index (χ0) is 36.5. The van der Waals surface area contributed by atoms with Crippen LogP contribution in [0.1, 0.15) is 0 Å². The maximum atomic E-state index is 14.0. The van der Waals surface area contributed by atoms with Crippen LogP contribution >= 0.6 is 0 Å². The average Bonchev–Trinajstić information content (AvgIpc) is 3.76. The van der Waals surface area contributed by atoms with Gasteiger partial charge in [0, 0.05) is 44.3 Å². The number of rotatable bonds is 5. The third-order valence-electron chi connectivity index (χ3n) is 10.4. The highest BCUT2D eigenvalue weighted by Gasteiger charge is 2.25. The van der Waals surface area contributed by atoms with Crippen LogP contribution in [0.25, 0.3) is 100 Å². The number of para-hydroxylation sites is 4. The van der Waals surface area contributed by atoms with Gasteiger partial charge in [-0.25, -0.2) is 19.7 Å². The van der Waals surface area contributed by atoms with Crippen molar-refractivity contribution in [2.24, 2.45) is 0 Å². The standard InChI is InChI=1S/C48H29N5O2/c54-43-29-36(48-50-46(30-15-3-1-4-16-30)49-47(51-48)31-17-5-2-6-18-31)44-41(52-37-23-11-7-19-32(37)33-20-8-12-24-38(33)52)27-28-42(45(44)55-43)53-39-25-13-9-21-34(39)35-22-10-14-26-40(35)53/h1-29H. The zero-order valence-corrected chi connectivity index (χ0v) is 29.3. The zero-order valence-electron chi connectivity index (χ0n) is 29.3. The van der Waals surface area contributed by atoms with Gasteiger partial charge in [0.05, 0.1) is 38.8 Å². The van der Waals surface area contributed by atoms with Crippen LogP contribution in [0.4, 0.5) is 0 Å². The summed E-state index contributed by atoms with van der Waals surface area (Å²) in [4.78, 5) is 29.2. The van der Waals surface area contributed by atoms with E-state index in [2.05, 4.69) is 106 Å². The number of benzene rings is 7. The van der Waals surface area contributed by atoms with Gasteiger partial charge in [-0.15, -0.1) is 0 Å². The number of aromatic nitrogens is 5. The Kier molecular flexibility index (Phi) is 6.87. The fourth-order valence-electron chi connectivity index (χ4n) is 8.08. The van der Waals surface area contributed by atoms with Gasteiger partial charge in [0.2, 0.25) is 0 Å². The summed E-state index contributed by atoms with van der Waals surface area (Å²) in [6.07, 6.45) is 0. The summed E-state index contributed by atoms with van der Waals surface area (Å²) >= 11 is 0. The summed E-state index contributed by atoms with van der Waals surface area (Å²) in [6.45, 7) is 0. The smallest absolute Gasteiger partial charge is 0.337 e. The molecule has 0 bridgehead atoms. The van der Waals surface area contributed by atoms with Crippen LogP contribution in [-0.2, 0) is 0 Å². The van der Waals surface area contributed by atoms with Crippen LogP contribution in [0, 0.1) is 0 Å². The quantitative estimate of drug-likeness (QED) is 0.166. The van der Waals surface area contributed by atoms with Crippen molar-refractivity contribution in [1.82, 2.24) is 24.1 Å². The molecule has 0 amide bonds. The molecule has 0 fully saturated rings. The third kappa shape index (κ3) is 4.84. The highest BCUT2D eigenvalue weighted by atomic mass is 16.4. The molecule has 0 radical (unpaired) electrons. The molecule has 0 aliphatic rings. The fraction of sp³-hybridized carbons (Fsp3) is 0. The summed E-state index contributed by atoms with van der Waals surface area (Å²) in [5.41, 5.74) is 7.75. The second-order valence-electron chi connectivity index (χ2n) is 13.6. The van der Waals surface area contributed by atoms with Crippen LogP contribution in [-0.4, -0.2) is 24.1 Å². The molecule has 0 atom stereocenters. The molecule has 0 aliphatic carbocycles.